The lowest BCUT2D eigenvalue weighted by Crippen LogP contribution is -2.02. The number of nitrogens with zero attached hydrogens (tertiary/aromatic N) is 4. The summed E-state index contributed by atoms with van der Waals surface area (Å²) in [6, 6.07) is 8.02. The summed E-state index contributed by atoms with van der Waals surface area (Å²) in [5.41, 5.74) is 4.02. The zero-order valence-electron chi connectivity index (χ0n) is 13.7. The van der Waals surface area contributed by atoms with Crippen LogP contribution in [-0.2, 0) is 13.6 Å². The molecule has 0 spiro atoms. The fourth-order valence-electron chi connectivity index (χ4n) is 2.54. The summed E-state index contributed by atoms with van der Waals surface area (Å²) in [6.07, 6.45) is 0. The van der Waals surface area contributed by atoms with E-state index in [1.54, 1.807) is 11.8 Å². The van der Waals surface area contributed by atoms with Crippen LogP contribution in [0.4, 0.5) is 5.69 Å². The van der Waals surface area contributed by atoms with Gasteiger partial charge in [-0.3, -0.25) is 5.10 Å². The second kappa shape index (κ2) is 6.12. The van der Waals surface area contributed by atoms with Gasteiger partial charge in [-0.25, -0.2) is 9.67 Å². The lowest BCUT2D eigenvalue weighted by Gasteiger charge is -2.08. The van der Waals surface area contributed by atoms with Crippen LogP contribution in [0.2, 0.25) is 0 Å². The fraction of sp³-hybridized carbons (Fsp3) is 0.312. The number of H-pyrrole nitrogens is 1. The molecule has 0 aliphatic carbocycles. The monoisotopic (exact) mass is 312 g/mol. The number of aromatic amines is 1. The van der Waals surface area contributed by atoms with E-state index in [0.717, 1.165) is 34.2 Å². The maximum Gasteiger partial charge on any atom is 0.216 e. The highest BCUT2D eigenvalue weighted by Gasteiger charge is 2.13. The quantitative estimate of drug-likeness (QED) is 0.756. The molecular formula is C16H20N6O. The van der Waals surface area contributed by atoms with Crippen LogP contribution in [0.25, 0.3) is 11.4 Å². The van der Waals surface area contributed by atoms with Crippen molar-refractivity contribution in [3.05, 3.63) is 41.3 Å². The largest absolute Gasteiger partial charge is 0.481 e. The number of nitrogens with one attached hydrogen (secondary N) is 2. The normalized spacial score (nSPS) is 10.8. The molecule has 0 aliphatic rings. The first-order chi connectivity index (χ1) is 11.1. The lowest BCUT2D eigenvalue weighted by molar-refractivity contribution is 0.370. The first-order valence-electron chi connectivity index (χ1n) is 7.38. The third kappa shape index (κ3) is 3.03. The Bertz CT molecular complexity index is 803. The third-order valence-electron chi connectivity index (χ3n) is 3.69. The molecule has 0 unspecified atom stereocenters. The van der Waals surface area contributed by atoms with Crippen molar-refractivity contribution in [3.63, 3.8) is 0 Å². The molecule has 7 heteroatoms. The molecule has 1 aromatic carbocycles. The molecular weight excluding hydrogens is 292 g/mol. The average molecular weight is 312 g/mol. The van der Waals surface area contributed by atoms with E-state index in [2.05, 4.69) is 25.6 Å². The van der Waals surface area contributed by atoms with Crippen LogP contribution in [0.1, 0.15) is 17.1 Å². The summed E-state index contributed by atoms with van der Waals surface area (Å²) >= 11 is 0. The summed E-state index contributed by atoms with van der Waals surface area (Å²) in [7, 11) is 3.54. The Labute approximate surface area is 134 Å². The lowest BCUT2D eigenvalue weighted by atomic mass is 10.2. The number of aromatic nitrogens is 5. The molecule has 0 amide bonds. The van der Waals surface area contributed by atoms with Crippen LogP contribution in [0.3, 0.4) is 0 Å². The van der Waals surface area contributed by atoms with Gasteiger partial charge in [0.1, 0.15) is 5.82 Å². The van der Waals surface area contributed by atoms with Gasteiger partial charge in [-0.2, -0.15) is 10.2 Å². The molecule has 0 bridgehead atoms. The molecule has 0 saturated carbocycles. The summed E-state index contributed by atoms with van der Waals surface area (Å²) in [5, 5.41) is 14.8. The van der Waals surface area contributed by atoms with Gasteiger partial charge in [0.2, 0.25) is 5.88 Å². The summed E-state index contributed by atoms with van der Waals surface area (Å²) < 4.78 is 7.16. The van der Waals surface area contributed by atoms with Crippen molar-refractivity contribution in [2.24, 2.45) is 7.05 Å². The van der Waals surface area contributed by atoms with Gasteiger partial charge in [0.15, 0.2) is 5.82 Å². The molecule has 120 valence electrons. The Morgan fingerprint density at radius 3 is 2.57 bits per heavy atom. The minimum absolute atomic E-state index is 0.655. The van der Waals surface area contributed by atoms with Crippen LogP contribution < -0.4 is 10.1 Å². The average Bonchev–Trinajstić information content (AvgIpc) is 3.08. The number of benzene rings is 1. The highest BCUT2D eigenvalue weighted by Crippen LogP contribution is 2.23. The van der Waals surface area contributed by atoms with Gasteiger partial charge in [-0.05, 0) is 38.1 Å². The third-order valence-corrected chi connectivity index (χ3v) is 3.69. The van der Waals surface area contributed by atoms with Crippen molar-refractivity contribution in [1.82, 2.24) is 25.0 Å². The molecule has 3 aromatic rings. The second-order valence-electron chi connectivity index (χ2n) is 5.37. The van der Waals surface area contributed by atoms with Crippen molar-refractivity contribution in [2.45, 2.75) is 20.4 Å². The minimum Gasteiger partial charge on any atom is -0.481 e. The van der Waals surface area contributed by atoms with Crippen molar-refractivity contribution in [2.75, 3.05) is 12.4 Å². The van der Waals surface area contributed by atoms with Crippen molar-refractivity contribution in [3.8, 4) is 17.3 Å². The Morgan fingerprint density at radius 2 is 1.96 bits per heavy atom. The van der Waals surface area contributed by atoms with E-state index in [1.165, 1.54) is 0 Å². The van der Waals surface area contributed by atoms with Crippen LogP contribution in [0.15, 0.2) is 24.3 Å². The number of anilines is 1. The van der Waals surface area contributed by atoms with E-state index in [9.17, 15) is 0 Å². The van der Waals surface area contributed by atoms with E-state index in [0.29, 0.717) is 12.4 Å². The highest BCUT2D eigenvalue weighted by atomic mass is 16.5. The Morgan fingerprint density at radius 1 is 1.22 bits per heavy atom. The second-order valence-corrected chi connectivity index (χ2v) is 5.37. The summed E-state index contributed by atoms with van der Waals surface area (Å²) in [6.45, 7) is 4.52. The Hall–Kier alpha value is -2.83. The van der Waals surface area contributed by atoms with Gasteiger partial charge in [-0.1, -0.05) is 0 Å². The van der Waals surface area contributed by atoms with Gasteiger partial charge < -0.3 is 10.1 Å². The molecule has 0 radical (unpaired) electrons. The van der Waals surface area contributed by atoms with Crippen LogP contribution in [0, 0.1) is 13.8 Å². The number of ether oxygens (including phenoxy) is 1. The van der Waals surface area contributed by atoms with Gasteiger partial charge in [-0.15, -0.1) is 0 Å². The first kappa shape index (κ1) is 15.1. The highest BCUT2D eigenvalue weighted by molar-refractivity contribution is 5.59. The van der Waals surface area contributed by atoms with Crippen LogP contribution in [0.5, 0.6) is 5.88 Å². The predicted molar refractivity (Wildman–Crippen MR) is 88.4 cm³/mol. The standard InChI is InChI=1S/C16H20N6O/c1-10-14(16(23-4)22(3)21-10)9-17-13-7-5-12(6-8-13)15-18-11(2)19-20-15/h5-8,17H,9H2,1-4H3,(H,18,19,20). The van der Waals surface area contributed by atoms with E-state index in [-0.39, 0.29) is 0 Å². The number of aryl methyl sites for hydroxylation is 3. The van der Waals surface area contributed by atoms with E-state index < -0.39 is 0 Å². The van der Waals surface area contributed by atoms with E-state index in [4.69, 9.17) is 4.74 Å². The molecule has 2 N–H and O–H groups in total. The molecule has 23 heavy (non-hydrogen) atoms. The van der Waals surface area contributed by atoms with E-state index in [1.807, 2.05) is 45.2 Å². The molecule has 0 aliphatic heterocycles. The maximum atomic E-state index is 5.41. The number of hydrogen-bond acceptors (Lipinski definition) is 5. The zero-order chi connectivity index (χ0) is 16.4. The molecule has 0 saturated heterocycles. The summed E-state index contributed by atoms with van der Waals surface area (Å²) in [4.78, 5) is 4.33. The SMILES string of the molecule is COc1c(CNc2ccc(-c3n[nH]c(C)n3)cc2)c(C)nn1C. The van der Waals surface area contributed by atoms with Gasteiger partial charge in [0.25, 0.3) is 0 Å². The van der Waals surface area contributed by atoms with Gasteiger partial charge in [0, 0.05) is 24.8 Å². The number of methoxy groups -OCH3 is 1. The van der Waals surface area contributed by atoms with Crippen LogP contribution >= 0.6 is 0 Å². The van der Waals surface area contributed by atoms with Crippen LogP contribution in [-0.4, -0.2) is 32.1 Å². The maximum absolute atomic E-state index is 5.41. The van der Waals surface area contributed by atoms with Crippen molar-refractivity contribution >= 4 is 5.69 Å². The van der Waals surface area contributed by atoms with E-state index >= 15 is 0 Å². The number of hydrogen-bond donors (Lipinski definition) is 2. The van der Waals surface area contributed by atoms with Crippen molar-refractivity contribution < 1.29 is 4.74 Å². The first-order valence-corrected chi connectivity index (χ1v) is 7.38. The van der Waals surface area contributed by atoms with Gasteiger partial charge in [0.05, 0.1) is 18.4 Å². The molecule has 2 heterocycles. The minimum atomic E-state index is 0.655. The number of rotatable bonds is 5. The predicted octanol–water partition coefficient (Wildman–Crippen LogP) is 2.44. The zero-order valence-corrected chi connectivity index (χ0v) is 13.7. The molecule has 7 nitrogen and oxygen atoms in total. The Kier molecular flexibility index (Phi) is 4.01. The molecule has 0 fully saturated rings. The Balaban J connectivity index is 1.72. The molecule has 3 rings (SSSR count). The fourth-order valence-corrected chi connectivity index (χ4v) is 2.54. The van der Waals surface area contributed by atoms with Gasteiger partial charge >= 0.3 is 0 Å². The molecule has 0 atom stereocenters. The van der Waals surface area contributed by atoms with Crippen molar-refractivity contribution in [1.29, 1.82) is 0 Å². The smallest absolute Gasteiger partial charge is 0.216 e. The summed E-state index contributed by atoms with van der Waals surface area (Å²) in [5.74, 6) is 2.29. The molecule has 2 aromatic heterocycles. The topological polar surface area (TPSA) is 80.7 Å².